The summed E-state index contributed by atoms with van der Waals surface area (Å²) in [5.74, 6) is 1.32. The number of rotatable bonds is 1. The molecule has 1 saturated heterocycles. The first-order valence-electron chi connectivity index (χ1n) is 4.94. The van der Waals surface area contributed by atoms with Gasteiger partial charge in [-0.15, -0.1) is 0 Å². The molecule has 68 valence electrons. The minimum atomic E-state index is -1.23. The summed E-state index contributed by atoms with van der Waals surface area (Å²) in [6, 6.07) is 0. The van der Waals surface area contributed by atoms with Crippen LogP contribution >= 0.6 is 8.25 Å². The molecule has 2 saturated carbocycles. The quantitative estimate of drug-likeness (QED) is 0.508. The van der Waals surface area contributed by atoms with Crippen molar-refractivity contribution in [2.24, 2.45) is 17.3 Å². The molecule has 2 nitrogen and oxygen atoms in total. The van der Waals surface area contributed by atoms with E-state index in [0.717, 1.165) is 12.3 Å². The maximum atomic E-state index is 11.6. The number of carbonyl (C=O) groups excluding carboxylic acids is 1. The summed E-state index contributed by atoms with van der Waals surface area (Å²) >= 11 is -1.23. The van der Waals surface area contributed by atoms with Gasteiger partial charge in [-0.3, -0.25) is 0 Å². The molecule has 0 aromatic rings. The van der Waals surface area contributed by atoms with Gasteiger partial charge >= 0.3 is 93.6 Å². The van der Waals surface area contributed by atoms with Crippen LogP contribution in [0, 0.1) is 17.3 Å². The van der Waals surface area contributed by atoms with Crippen molar-refractivity contribution >= 4 is 14.2 Å². The van der Waals surface area contributed by atoms with E-state index in [-0.39, 0.29) is 17.5 Å². The maximum absolute atomic E-state index is 11.6. The Labute approximate surface area is 93.2 Å². The van der Waals surface area contributed by atoms with E-state index in [1.807, 2.05) is 0 Å². The van der Waals surface area contributed by atoms with Gasteiger partial charge < -0.3 is 0 Å². The number of hydrogen-bond acceptors (Lipinski definition) is 2. The van der Waals surface area contributed by atoms with Gasteiger partial charge in [-0.25, -0.2) is 0 Å². The second-order valence-electron chi connectivity index (χ2n) is 4.91. The first-order valence-corrected chi connectivity index (χ1v) is 14.9. The molecule has 0 unspecified atom stereocenters. The topological polar surface area (TPSA) is 26.3 Å². The Morgan fingerprint density at radius 2 is 2.46 bits per heavy atom. The van der Waals surface area contributed by atoms with E-state index in [1.54, 1.807) is 0 Å². The second kappa shape index (κ2) is 2.63. The Kier molecular flexibility index (Phi) is 1.81. The third kappa shape index (κ3) is 0.922. The van der Waals surface area contributed by atoms with Crippen LogP contribution in [0.3, 0.4) is 0 Å². The van der Waals surface area contributed by atoms with Crippen LogP contribution in [-0.4, -0.2) is 12.1 Å². The van der Waals surface area contributed by atoms with Crippen LogP contribution in [0.2, 0.25) is 3.43 Å². The summed E-state index contributed by atoms with van der Waals surface area (Å²) in [4.78, 5) is 11.6. The summed E-state index contributed by atoms with van der Waals surface area (Å²) < 4.78 is 6.14. The van der Waals surface area contributed by atoms with E-state index in [1.165, 1.54) is 6.42 Å². The number of ether oxygens (including phenoxy) is 1. The molecular formula is C9H11ClHgO2. The fourth-order valence-electron chi connectivity index (χ4n) is 3.63. The number of fused-ring (bicyclic) bond motifs is 1. The van der Waals surface area contributed by atoms with Gasteiger partial charge in [0.2, 0.25) is 0 Å². The molecule has 2 bridgehead atoms. The zero-order valence-corrected chi connectivity index (χ0v) is 13.9. The zero-order chi connectivity index (χ0) is 9.22. The molecule has 3 fully saturated rings. The summed E-state index contributed by atoms with van der Waals surface area (Å²) in [6.07, 6.45) is 2.52. The molecule has 0 aromatic heterocycles. The first-order chi connectivity index (χ1) is 6.16. The van der Waals surface area contributed by atoms with Gasteiger partial charge in [0.25, 0.3) is 0 Å². The molecule has 0 N–H and O–H groups in total. The summed E-state index contributed by atoms with van der Waals surface area (Å²) in [6.45, 7) is 2.08. The Morgan fingerprint density at radius 3 is 3.15 bits per heavy atom. The second-order valence-corrected chi connectivity index (χ2v) is 12.5. The molecule has 13 heavy (non-hydrogen) atoms. The van der Waals surface area contributed by atoms with Crippen LogP contribution in [0.4, 0.5) is 0 Å². The Balaban J connectivity index is 2.02. The standard InChI is InChI=1S/C9H11O2.ClH.Hg/c1-9-4-5-2-6(9)7(3-5)11-8(9)10;;/h3,5-7H,2,4H2,1H3;1H;/q;;+1/p-1/t5-,6+,7-,9+;;/m1../s1. The molecule has 0 radical (unpaired) electrons. The average Bonchev–Trinajstić information content (AvgIpc) is 2.62. The van der Waals surface area contributed by atoms with Gasteiger partial charge in [0, 0.05) is 0 Å². The average molecular weight is 387 g/mol. The van der Waals surface area contributed by atoms with Crippen molar-refractivity contribution in [2.45, 2.75) is 29.3 Å². The zero-order valence-electron chi connectivity index (χ0n) is 7.63. The molecule has 0 aromatic carbocycles. The van der Waals surface area contributed by atoms with Crippen molar-refractivity contribution < 1.29 is 32.9 Å². The monoisotopic (exact) mass is 388 g/mol. The van der Waals surface area contributed by atoms with Crippen LogP contribution in [-0.2, 0) is 32.9 Å². The van der Waals surface area contributed by atoms with Crippen molar-refractivity contribution in [3.63, 3.8) is 0 Å². The molecule has 4 heteroatoms. The molecule has 2 aliphatic carbocycles. The molecule has 1 aliphatic heterocycles. The van der Waals surface area contributed by atoms with Crippen LogP contribution in [0.5, 0.6) is 0 Å². The predicted octanol–water partition coefficient (Wildman–Crippen LogP) is 1.98. The molecule has 3 aliphatic rings. The van der Waals surface area contributed by atoms with Crippen LogP contribution in [0.25, 0.3) is 0 Å². The molecule has 0 spiro atoms. The van der Waals surface area contributed by atoms with Crippen molar-refractivity contribution in [1.29, 1.82) is 0 Å². The normalized spacial score (nSPS) is 56.6. The fraction of sp³-hybridized carbons (Fsp3) is 0.889. The van der Waals surface area contributed by atoms with Crippen LogP contribution in [0.15, 0.2) is 0 Å². The molecule has 0 amide bonds. The van der Waals surface area contributed by atoms with Gasteiger partial charge in [-0.2, -0.15) is 0 Å². The predicted molar refractivity (Wildman–Crippen MR) is 43.8 cm³/mol. The fourth-order valence-corrected chi connectivity index (χ4v) is 12.1. The third-order valence-electron chi connectivity index (χ3n) is 4.37. The Hall–Kier alpha value is 0.695. The number of carbonyl (C=O) groups is 1. The van der Waals surface area contributed by atoms with E-state index in [4.69, 9.17) is 13.0 Å². The van der Waals surface area contributed by atoms with Gasteiger partial charge in [-0.1, -0.05) is 0 Å². The summed E-state index contributed by atoms with van der Waals surface area (Å²) in [5, 5.41) is 0. The van der Waals surface area contributed by atoms with Crippen molar-refractivity contribution in [2.75, 3.05) is 0 Å². The molecule has 3 rings (SSSR count). The van der Waals surface area contributed by atoms with Gasteiger partial charge in [0.05, 0.1) is 0 Å². The minimum absolute atomic E-state index is 0.0611. The van der Waals surface area contributed by atoms with E-state index >= 15 is 0 Å². The Bertz CT molecular complexity index is 283. The number of halogens is 1. The summed E-state index contributed by atoms with van der Waals surface area (Å²) in [7, 11) is 6.12. The van der Waals surface area contributed by atoms with Gasteiger partial charge in [0.15, 0.2) is 0 Å². The van der Waals surface area contributed by atoms with Crippen molar-refractivity contribution in [3.05, 3.63) is 0 Å². The van der Waals surface area contributed by atoms with Crippen LogP contribution < -0.4 is 0 Å². The molecule has 1 heterocycles. The van der Waals surface area contributed by atoms with Crippen molar-refractivity contribution in [1.82, 2.24) is 0 Å². The summed E-state index contributed by atoms with van der Waals surface area (Å²) in [5.41, 5.74) is -0.119. The molecule has 5 atom stereocenters. The van der Waals surface area contributed by atoms with E-state index in [2.05, 4.69) is 6.92 Å². The molecular weight excluding hydrogens is 376 g/mol. The van der Waals surface area contributed by atoms with Gasteiger partial charge in [-0.05, 0) is 0 Å². The SMILES string of the molecule is C[C@]12C[C@@H]3C[C@H]1[C@H](OC2=O)[C@H]3[Hg][Cl]. The number of hydrogen-bond donors (Lipinski definition) is 0. The van der Waals surface area contributed by atoms with Crippen molar-refractivity contribution in [3.8, 4) is 0 Å². The van der Waals surface area contributed by atoms with Crippen LogP contribution in [0.1, 0.15) is 19.8 Å². The van der Waals surface area contributed by atoms with E-state index in [9.17, 15) is 4.79 Å². The van der Waals surface area contributed by atoms with E-state index in [0.29, 0.717) is 9.34 Å². The number of esters is 1. The third-order valence-corrected chi connectivity index (χ3v) is 13.3. The first kappa shape index (κ1) is 8.96. The van der Waals surface area contributed by atoms with Gasteiger partial charge in [0.1, 0.15) is 0 Å². The Morgan fingerprint density at radius 1 is 1.69 bits per heavy atom. The van der Waals surface area contributed by atoms with E-state index < -0.39 is 23.3 Å².